The molecule has 0 bridgehead atoms. The number of anilines is 2. The van der Waals surface area contributed by atoms with Crippen LogP contribution in [-0.4, -0.2) is 49.0 Å². The number of aliphatic hydroxyl groups is 1. The molecular formula is C18H24N6O3. The number of benzene rings is 1. The number of fused-ring (bicyclic) bond motifs is 1. The number of aryl methyl sites for hydroxylation is 1. The third-order valence-corrected chi connectivity index (χ3v) is 3.99. The van der Waals surface area contributed by atoms with Crippen LogP contribution in [0.3, 0.4) is 0 Å². The summed E-state index contributed by atoms with van der Waals surface area (Å²) in [5.74, 6) is 1.40. The monoisotopic (exact) mass is 372 g/mol. The zero-order valence-corrected chi connectivity index (χ0v) is 15.8. The third-order valence-electron chi connectivity index (χ3n) is 3.99. The molecule has 0 saturated carbocycles. The average Bonchev–Trinajstić information content (AvgIpc) is 2.99. The number of ether oxygens (including phenoxy) is 1. The fraction of sp³-hybridized carbons (Fsp3) is 0.389. The summed E-state index contributed by atoms with van der Waals surface area (Å²) in [6, 6.07) is 5.30. The highest BCUT2D eigenvalue weighted by atomic mass is 16.5. The Hall–Kier alpha value is -3.07. The van der Waals surface area contributed by atoms with Crippen LogP contribution in [0.25, 0.3) is 11.2 Å². The Kier molecular flexibility index (Phi) is 5.04. The van der Waals surface area contributed by atoms with Crippen LogP contribution in [0.1, 0.15) is 19.4 Å². The zero-order chi connectivity index (χ0) is 19.6. The minimum absolute atomic E-state index is 0.0826. The molecule has 0 fully saturated rings. The summed E-state index contributed by atoms with van der Waals surface area (Å²) in [4.78, 5) is 13.3. The van der Waals surface area contributed by atoms with E-state index in [1.807, 2.05) is 13.1 Å². The van der Waals surface area contributed by atoms with Crippen molar-refractivity contribution in [1.82, 2.24) is 19.5 Å². The third kappa shape index (κ3) is 4.20. The molecule has 3 aromatic rings. The van der Waals surface area contributed by atoms with Gasteiger partial charge in [0.25, 0.3) is 0 Å². The fourth-order valence-electron chi connectivity index (χ4n) is 2.56. The minimum Gasteiger partial charge on any atom is -0.504 e. The molecule has 0 spiro atoms. The fourth-order valence-corrected chi connectivity index (χ4v) is 2.56. The van der Waals surface area contributed by atoms with E-state index in [9.17, 15) is 10.2 Å². The van der Waals surface area contributed by atoms with Crippen molar-refractivity contribution in [2.75, 3.05) is 24.3 Å². The van der Waals surface area contributed by atoms with Crippen molar-refractivity contribution in [1.29, 1.82) is 0 Å². The molecule has 9 nitrogen and oxygen atoms in total. The Bertz CT molecular complexity index is 948. The summed E-state index contributed by atoms with van der Waals surface area (Å²) in [5, 5.41) is 26.4. The molecule has 0 amide bonds. The lowest BCUT2D eigenvalue weighted by Gasteiger charge is -2.18. The molecule has 2 heterocycles. The topological polar surface area (TPSA) is 117 Å². The van der Waals surface area contributed by atoms with Crippen molar-refractivity contribution in [2.45, 2.75) is 26.0 Å². The van der Waals surface area contributed by atoms with Gasteiger partial charge in [-0.2, -0.15) is 9.97 Å². The van der Waals surface area contributed by atoms with E-state index < -0.39 is 5.60 Å². The molecule has 2 aromatic heterocycles. The van der Waals surface area contributed by atoms with Crippen molar-refractivity contribution in [3.8, 4) is 11.5 Å². The number of aromatic nitrogens is 4. The average molecular weight is 372 g/mol. The van der Waals surface area contributed by atoms with Gasteiger partial charge in [0, 0.05) is 25.7 Å². The largest absolute Gasteiger partial charge is 0.504 e. The number of phenols is 1. The summed E-state index contributed by atoms with van der Waals surface area (Å²) in [5.41, 5.74) is 1.04. The van der Waals surface area contributed by atoms with Gasteiger partial charge >= 0.3 is 0 Å². The van der Waals surface area contributed by atoms with Crippen LogP contribution in [-0.2, 0) is 13.6 Å². The number of para-hydroxylation sites is 1. The molecule has 0 atom stereocenters. The number of imidazole rings is 1. The standard InChI is InChI=1S/C18H24N6O3/c1-18(2,26)9-20-17-22-15(13-16(23-17)24(3)10-21-13)19-8-11-6-5-7-12(27-4)14(11)25/h5-7,10,25-26H,8-9H2,1-4H3,(H2,19,20,22,23). The van der Waals surface area contributed by atoms with Gasteiger partial charge in [-0.3, -0.25) is 0 Å². The molecule has 0 aliphatic carbocycles. The number of aromatic hydroxyl groups is 1. The number of rotatable bonds is 7. The van der Waals surface area contributed by atoms with Crippen molar-refractivity contribution in [3.63, 3.8) is 0 Å². The van der Waals surface area contributed by atoms with Crippen molar-refractivity contribution in [2.24, 2.45) is 7.05 Å². The number of methoxy groups -OCH3 is 1. The molecule has 0 saturated heterocycles. The Morgan fingerprint density at radius 2 is 2.00 bits per heavy atom. The molecule has 0 aliphatic heterocycles. The Balaban J connectivity index is 1.89. The van der Waals surface area contributed by atoms with Crippen LogP contribution in [0.5, 0.6) is 11.5 Å². The lowest BCUT2D eigenvalue weighted by atomic mass is 10.1. The Labute approximate surface area is 157 Å². The van der Waals surface area contributed by atoms with Gasteiger partial charge in [-0.15, -0.1) is 0 Å². The predicted octanol–water partition coefficient (Wildman–Crippen LogP) is 1.87. The highest BCUT2D eigenvalue weighted by Crippen LogP contribution is 2.30. The molecule has 4 N–H and O–H groups in total. The quantitative estimate of drug-likeness (QED) is 0.497. The van der Waals surface area contributed by atoms with E-state index in [-0.39, 0.29) is 5.75 Å². The molecule has 1 aromatic carbocycles. The van der Waals surface area contributed by atoms with E-state index in [1.165, 1.54) is 7.11 Å². The van der Waals surface area contributed by atoms with Crippen molar-refractivity contribution in [3.05, 3.63) is 30.1 Å². The van der Waals surface area contributed by atoms with Crippen LogP contribution >= 0.6 is 0 Å². The summed E-state index contributed by atoms with van der Waals surface area (Å²) >= 11 is 0. The van der Waals surface area contributed by atoms with E-state index in [1.54, 1.807) is 36.9 Å². The van der Waals surface area contributed by atoms with Gasteiger partial charge in [0.1, 0.15) is 0 Å². The van der Waals surface area contributed by atoms with Gasteiger partial charge in [0.05, 0.1) is 19.0 Å². The van der Waals surface area contributed by atoms with E-state index in [0.29, 0.717) is 47.3 Å². The maximum atomic E-state index is 10.3. The maximum absolute atomic E-state index is 10.3. The van der Waals surface area contributed by atoms with Crippen LogP contribution in [0.15, 0.2) is 24.5 Å². The lowest BCUT2D eigenvalue weighted by Crippen LogP contribution is -2.30. The van der Waals surface area contributed by atoms with E-state index in [4.69, 9.17) is 4.74 Å². The van der Waals surface area contributed by atoms with E-state index in [0.717, 1.165) is 0 Å². The molecule has 0 unspecified atom stereocenters. The summed E-state index contributed by atoms with van der Waals surface area (Å²) in [7, 11) is 3.36. The van der Waals surface area contributed by atoms with Crippen molar-refractivity contribution >= 4 is 22.9 Å². The van der Waals surface area contributed by atoms with Gasteiger partial charge in [-0.25, -0.2) is 4.98 Å². The number of hydrogen-bond donors (Lipinski definition) is 4. The molecule has 9 heteroatoms. The van der Waals surface area contributed by atoms with Crippen LogP contribution < -0.4 is 15.4 Å². The van der Waals surface area contributed by atoms with Crippen LogP contribution in [0.2, 0.25) is 0 Å². The summed E-state index contributed by atoms with van der Waals surface area (Å²) in [6.45, 7) is 4.03. The molecule has 27 heavy (non-hydrogen) atoms. The van der Waals surface area contributed by atoms with Gasteiger partial charge in [0.2, 0.25) is 5.95 Å². The second kappa shape index (κ2) is 7.28. The molecule has 3 rings (SSSR count). The van der Waals surface area contributed by atoms with E-state index in [2.05, 4.69) is 25.6 Å². The molecule has 0 radical (unpaired) electrons. The lowest BCUT2D eigenvalue weighted by molar-refractivity contribution is 0.0943. The minimum atomic E-state index is -0.898. The zero-order valence-electron chi connectivity index (χ0n) is 15.8. The maximum Gasteiger partial charge on any atom is 0.226 e. The van der Waals surface area contributed by atoms with Gasteiger partial charge in [0.15, 0.2) is 28.5 Å². The highest BCUT2D eigenvalue weighted by molar-refractivity contribution is 5.84. The molecule has 0 aliphatic rings. The first kappa shape index (κ1) is 18.7. The van der Waals surface area contributed by atoms with Gasteiger partial charge < -0.3 is 30.2 Å². The summed E-state index contributed by atoms with van der Waals surface area (Å²) < 4.78 is 6.93. The molecule has 144 valence electrons. The van der Waals surface area contributed by atoms with Crippen LogP contribution in [0.4, 0.5) is 11.8 Å². The van der Waals surface area contributed by atoms with Crippen LogP contribution in [0, 0.1) is 0 Å². The van der Waals surface area contributed by atoms with Crippen molar-refractivity contribution < 1.29 is 14.9 Å². The van der Waals surface area contributed by atoms with Gasteiger partial charge in [-0.05, 0) is 19.9 Å². The van der Waals surface area contributed by atoms with E-state index >= 15 is 0 Å². The van der Waals surface area contributed by atoms with Gasteiger partial charge in [-0.1, -0.05) is 12.1 Å². The first-order valence-electron chi connectivity index (χ1n) is 8.52. The first-order chi connectivity index (χ1) is 12.8. The predicted molar refractivity (Wildman–Crippen MR) is 103 cm³/mol. The first-order valence-corrected chi connectivity index (χ1v) is 8.52. The number of nitrogens with one attached hydrogen (secondary N) is 2. The second-order valence-corrected chi connectivity index (χ2v) is 6.91. The normalized spacial score (nSPS) is 11.6. The number of phenolic OH excluding ortho intramolecular Hbond substituents is 1. The highest BCUT2D eigenvalue weighted by Gasteiger charge is 2.16. The molecular weight excluding hydrogens is 348 g/mol. The number of hydrogen-bond acceptors (Lipinski definition) is 8. The Morgan fingerprint density at radius 3 is 2.70 bits per heavy atom. The summed E-state index contributed by atoms with van der Waals surface area (Å²) in [6.07, 6.45) is 1.66. The Morgan fingerprint density at radius 1 is 1.22 bits per heavy atom. The smallest absolute Gasteiger partial charge is 0.226 e. The SMILES string of the molecule is COc1cccc(CNc2nc(NCC(C)(C)O)nc3c2ncn3C)c1O. The second-order valence-electron chi connectivity index (χ2n) is 6.91. The number of nitrogens with zero attached hydrogens (tertiary/aromatic N) is 4.